The van der Waals surface area contributed by atoms with Crippen molar-refractivity contribution in [1.82, 2.24) is 4.31 Å². The Balaban J connectivity index is 1.90. The minimum atomic E-state index is -3.59. The van der Waals surface area contributed by atoms with Crippen molar-refractivity contribution in [3.63, 3.8) is 0 Å². The van der Waals surface area contributed by atoms with Crippen LogP contribution >= 0.6 is 22.7 Å². The Morgan fingerprint density at radius 2 is 2.18 bits per heavy atom. The quantitative estimate of drug-likeness (QED) is 0.889. The van der Waals surface area contributed by atoms with E-state index in [0.29, 0.717) is 18.8 Å². The molecule has 120 valence electrons. The Hall–Kier alpha value is -0.930. The predicted molar refractivity (Wildman–Crippen MR) is 87.3 cm³/mol. The second-order valence-corrected chi connectivity index (χ2v) is 9.03. The van der Waals surface area contributed by atoms with Gasteiger partial charge in [0.25, 0.3) is 10.0 Å². The smallest absolute Gasteiger partial charge is 0.256 e. The summed E-state index contributed by atoms with van der Waals surface area (Å²) in [7, 11) is -2.12. The average molecular weight is 359 g/mol. The van der Waals surface area contributed by atoms with Gasteiger partial charge in [-0.3, -0.25) is 0 Å². The highest BCUT2D eigenvalue weighted by atomic mass is 32.2. The van der Waals surface area contributed by atoms with E-state index in [-0.39, 0.29) is 22.7 Å². The molecule has 0 unspecified atom stereocenters. The first-order valence-corrected chi connectivity index (χ1v) is 10.1. The number of rotatable bonds is 5. The van der Waals surface area contributed by atoms with E-state index < -0.39 is 10.0 Å². The van der Waals surface area contributed by atoms with E-state index in [1.54, 1.807) is 22.8 Å². The lowest BCUT2D eigenvalue weighted by atomic mass is 9.92. The van der Waals surface area contributed by atoms with Crippen molar-refractivity contribution in [3.05, 3.63) is 33.8 Å². The monoisotopic (exact) mass is 359 g/mol. The molecule has 0 aliphatic carbocycles. The van der Waals surface area contributed by atoms with Gasteiger partial charge in [0.1, 0.15) is 5.75 Å². The molecule has 8 heteroatoms. The Morgan fingerprint density at radius 1 is 1.36 bits per heavy atom. The number of thiophene rings is 2. The summed E-state index contributed by atoms with van der Waals surface area (Å²) in [5.41, 5.74) is 1.10. The summed E-state index contributed by atoms with van der Waals surface area (Å²) < 4.78 is 32.5. The molecule has 1 N–H and O–H groups in total. The molecule has 0 radical (unpaired) electrons. The maximum Gasteiger partial charge on any atom is 0.256 e. The third-order valence-electron chi connectivity index (χ3n) is 4.00. The van der Waals surface area contributed by atoms with Crippen LogP contribution in [0, 0.1) is 5.92 Å². The Morgan fingerprint density at radius 3 is 2.82 bits per heavy atom. The highest BCUT2D eigenvalue weighted by Crippen LogP contribution is 2.39. The third kappa shape index (κ3) is 2.69. The van der Waals surface area contributed by atoms with E-state index in [4.69, 9.17) is 4.74 Å². The molecular formula is C14H17NO4S3. The standard InChI is InChI=1S/C14H17NO4S3/c1-19-13-3-5-21-14(13)22(17,18)15-6-11(8-16)12(7-15)10-2-4-20-9-10/h2-5,9,11-12,16H,6-8H2,1H3/t11-,12-/m1/s1. The fourth-order valence-electron chi connectivity index (χ4n) is 2.82. The Bertz CT molecular complexity index is 723. The molecule has 3 heterocycles. The molecule has 2 aromatic heterocycles. The predicted octanol–water partition coefficient (Wildman–Crippen LogP) is 2.21. The van der Waals surface area contributed by atoms with Gasteiger partial charge in [-0.25, -0.2) is 8.42 Å². The Labute approximate surface area is 137 Å². The molecule has 3 rings (SSSR count). The van der Waals surface area contributed by atoms with Gasteiger partial charge in [0.05, 0.1) is 7.11 Å². The SMILES string of the molecule is COc1ccsc1S(=O)(=O)N1C[C@H](CO)[C@@H](c2ccsc2)C1. The first-order valence-electron chi connectivity index (χ1n) is 6.82. The zero-order chi connectivity index (χ0) is 15.7. The number of ether oxygens (including phenoxy) is 1. The second-order valence-electron chi connectivity index (χ2n) is 5.20. The van der Waals surface area contributed by atoms with Gasteiger partial charge in [-0.15, -0.1) is 11.3 Å². The second kappa shape index (κ2) is 6.29. The van der Waals surface area contributed by atoms with Gasteiger partial charge in [-0.2, -0.15) is 15.6 Å². The van der Waals surface area contributed by atoms with Crippen molar-refractivity contribution in [2.45, 2.75) is 10.1 Å². The number of methoxy groups -OCH3 is 1. The van der Waals surface area contributed by atoms with Gasteiger partial charge in [0, 0.05) is 31.5 Å². The minimum Gasteiger partial charge on any atom is -0.494 e. The van der Waals surface area contributed by atoms with Gasteiger partial charge >= 0.3 is 0 Å². The summed E-state index contributed by atoms with van der Waals surface area (Å²) in [6.07, 6.45) is 0. The zero-order valence-electron chi connectivity index (χ0n) is 12.0. The van der Waals surface area contributed by atoms with E-state index >= 15 is 0 Å². The number of hydrogen-bond donors (Lipinski definition) is 1. The minimum absolute atomic E-state index is 0.0197. The van der Waals surface area contributed by atoms with Crippen LogP contribution in [0.4, 0.5) is 0 Å². The van der Waals surface area contributed by atoms with E-state index in [0.717, 1.165) is 16.9 Å². The van der Waals surface area contributed by atoms with Crippen molar-refractivity contribution in [3.8, 4) is 5.75 Å². The van der Waals surface area contributed by atoms with E-state index in [1.807, 2.05) is 16.8 Å². The molecule has 22 heavy (non-hydrogen) atoms. The molecule has 2 aromatic rings. The molecule has 1 saturated heterocycles. The van der Waals surface area contributed by atoms with Crippen LogP contribution in [-0.4, -0.2) is 44.6 Å². The maximum absolute atomic E-state index is 12.8. The molecule has 0 aromatic carbocycles. The lowest BCUT2D eigenvalue weighted by molar-refractivity contribution is 0.223. The van der Waals surface area contributed by atoms with Crippen LogP contribution in [-0.2, 0) is 10.0 Å². The number of nitrogens with zero attached hydrogens (tertiary/aromatic N) is 1. The Kier molecular flexibility index (Phi) is 4.56. The summed E-state index contributed by atoms with van der Waals surface area (Å²) >= 11 is 2.74. The van der Waals surface area contributed by atoms with Crippen LogP contribution in [0.15, 0.2) is 32.5 Å². The first kappa shape index (κ1) is 15.9. The normalized spacial score (nSPS) is 23.0. The number of hydrogen-bond acceptors (Lipinski definition) is 6. The van der Waals surface area contributed by atoms with Crippen LogP contribution < -0.4 is 4.74 Å². The fraction of sp³-hybridized carbons (Fsp3) is 0.429. The van der Waals surface area contributed by atoms with Gasteiger partial charge in [-0.05, 0) is 33.8 Å². The van der Waals surface area contributed by atoms with Crippen molar-refractivity contribution in [2.24, 2.45) is 5.92 Å². The average Bonchev–Trinajstić information content (AvgIpc) is 3.24. The third-order valence-corrected chi connectivity index (χ3v) is 7.96. The lowest BCUT2D eigenvalue weighted by Crippen LogP contribution is -2.29. The summed E-state index contributed by atoms with van der Waals surface area (Å²) in [4.78, 5) is 0. The van der Waals surface area contributed by atoms with Crippen LogP contribution in [0.25, 0.3) is 0 Å². The van der Waals surface area contributed by atoms with Crippen molar-refractivity contribution >= 4 is 32.7 Å². The number of aliphatic hydroxyl groups is 1. The van der Waals surface area contributed by atoms with Crippen LogP contribution in [0.5, 0.6) is 5.75 Å². The molecule has 0 bridgehead atoms. The van der Waals surface area contributed by atoms with Crippen LogP contribution in [0.2, 0.25) is 0 Å². The molecule has 0 saturated carbocycles. The van der Waals surface area contributed by atoms with Gasteiger partial charge in [-0.1, -0.05) is 0 Å². The first-order chi connectivity index (χ1) is 10.6. The maximum atomic E-state index is 12.8. The number of aliphatic hydroxyl groups excluding tert-OH is 1. The molecule has 1 aliphatic heterocycles. The van der Waals surface area contributed by atoms with Crippen LogP contribution in [0.3, 0.4) is 0 Å². The van der Waals surface area contributed by atoms with Crippen molar-refractivity contribution in [2.75, 3.05) is 26.8 Å². The van der Waals surface area contributed by atoms with E-state index in [2.05, 4.69) is 0 Å². The summed E-state index contributed by atoms with van der Waals surface area (Å²) in [6, 6.07) is 3.66. The van der Waals surface area contributed by atoms with Gasteiger partial charge < -0.3 is 9.84 Å². The number of sulfonamides is 1. The summed E-state index contributed by atoms with van der Waals surface area (Å²) in [6.45, 7) is 0.708. The molecule has 0 spiro atoms. The van der Waals surface area contributed by atoms with Crippen molar-refractivity contribution in [1.29, 1.82) is 0 Å². The zero-order valence-corrected chi connectivity index (χ0v) is 14.5. The van der Waals surface area contributed by atoms with Crippen LogP contribution in [0.1, 0.15) is 11.5 Å². The highest BCUT2D eigenvalue weighted by molar-refractivity contribution is 7.91. The molecule has 5 nitrogen and oxygen atoms in total. The topological polar surface area (TPSA) is 66.8 Å². The summed E-state index contributed by atoms with van der Waals surface area (Å²) in [5.74, 6) is 0.344. The molecule has 1 aliphatic rings. The van der Waals surface area contributed by atoms with Gasteiger partial charge in [0.2, 0.25) is 0 Å². The molecule has 2 atom stereocenters. The molecule has 0 amide bonds. The van der Waals surface area contributed by atoms with E-state index in [1.165, 1.54) is 11.4 Å². The molecule has 1 fully saturated rings. The summed E-state index contributed by atoms with van der Waals surface area (Å²) in [5, 5.41) is 15.3. The largest absolute Gasteiger partial charge is 0.494 e. The highest BCUT2D eigenvalue weighted by Gasteiger charge is 2.41. The fourth-order valence-corrected chi connectivity index (χ4v) is 6.48. The van der Waals surface area contributed by atoms with Gasteiger partial charge in [0.15, 0.2) is 4.21 Å². The molecular weight excluding hydrogens is 342 g/mol. The van der Waals surface area contributed by atoms with Crippen molar-refractivity contribution < 1.29 is 18.3 Å². The van der Waals surface area contributed by atoms with E-state index in [9.17, 15) is 13.5 Å². The lowest BCUT2D eigenvalue weighted by Gasteiger charge is -2.16.